The van der Waals surface area contributed by atoms with Crippen molar-refractivity contribution in [3.8, 4) is 0 Å². The lowest BCUT2D eigenvalue weighted by atomic mass is 10.3. The number of aromatic nitrogens is 2. The van der Waals surface area contributed by atoms with Gasteiger partial charge in [0.05, 0.1) is 18.8 Å². The van der Waals surface area contributed by atoms with E-state index in [1.54, 1.807) is 0 Å². The van der Waals surface area contributed by atoms with Gasteiger partial charge in [-0.2, -0.15) is 5.10 Å². The van der Waals surface area contributed by atoms with E-state index in [4.69, 9.17) is 0 Å². The number of amides is 4. The van der Waals surface area contributed by atoms with E-state index in [2.05, 4.69) is 15.7 Å². The summed E-state index contributed by atoms with van der Waals surface area (Å²) in [4.78, 5) is 35.5. The van der Waals surface area contributed by atoms with Crippen molar-refractivity contribution in [2.75, 3.05) is 13.1 Å². The molecular formula is C13H19N5O3. The largest absolute Gasteiger partial charge is 0.350 e. The number of nitrogens with one attached hydrogen (secondary N) is 2. The molecule has 2 N–H and O–H groups in total. The molecule has 1 aliphatic heterocycles. The molecule has 1 aliphatic rings. The number of carbonyl (C=O) groups excluding carboxylic acids is 3. The van der Waals surface area contributed by atoms with Crippen molar-refractivity contribution < 1.29 is 14.4 Å². The minimum atomic E-state index is -0.527. The van der Waals surface area contributed by atoms with E-state index in [0.717, 1.165) is 16.3 Å². The first kappa shape index (κ1) is 15.0. The number of rotatable bonds is 5. The van der Waals surface area contributed by atoms with Crippen molar-refractivity contribution in [1.82, 2.24) is 25.3 Å². The highest BCUT2D eigenvalue weighted by Gasteiger charge is 2.30. The maximum atomic E-state index is 11.9. The Morgan fingerprint density at radius 1 is 1.48 bits per heavy atom. The number of aryl methyl sites for hydroxylation is 2. The zero-order chi connectivity index (χ0) is 15.6. The zero-order valence-corrected chi connectivity index (χ0v) is 12.3. The summed E-state index contributed by atoms with van der Waals surface area (Å²) in [6.07, 6.45) is 0. The van der Waals surface area contributed by atoms with Gasteiger partial charge >= 0.3 is 6.03 Å². The molecule has 8 heteroatoms. The second-order valence-corrected chi connectivity index (χ2v) is 5.22. The van der Waals surface area contributed by atoms with Gasteiger partial charge in [-0.25, -0.2) is 4.79 Å². The SMILES string of the molecule is Cc1cc(C)n(C[C@H](C)NC(=O)CN2C(=O)CNC2=O)n1. The van der Waals surface area contributed by atoms with Crippen molar-refractivity contribution in [2.24, 2.45) is 0 Å². The molecule has 114 valence electrons. The van der Waals surface area contributed by atoms with Gasteiger partial charge in [-0.3, -0.25) is 19.2 Å². The van der Waals surface area contributed by atoms with Gasteiger partial charge in [0.15, 0.2) is 0 Å². The van der Waals surface area contributed by atoms with Gasteiger partial charge in [0.1, 0.15) is 6.54 Å². The standard InChI is InChI=1S/C13H19N5O3/c1-8-4-10(3)18(16-8)6-9(2)15-11(19)7-17-12(20)5-14-13(17)21/h4,9H,5-7H2,1-3H3,(H,14,21)(H,15,19)/t9-/m0/s1. The Hall–Kier alpha value is -2.38. The molecule has 0 aromatic carbocycles. The zero-order valence-electron chi connectivity index (χ0n) is 12.3. The fraction of sp³-hybridized carbons (Fsp3) is 0.538. The van der Waals surface area contributed by atoms with Crippen LogP contribution in [0.2, 0.25) is 0 Å². The van der Waals surface area contributed by atoms with Gasteiger partial charge in [0.25, 0.3) is 5.91 Å². The smallest absolute Gasteiger partial charge is 0.325 e. The van der Waals surface area contributed by atoms with Crippen LogP contribution in [0.5, 0.6) is 0 Å². The molecule has 1 aromatic heterocycles. The number of hydrogen-bond acceptors (Lipinski definition) is 4. The molecule has 2 rings (SSSR count). The Morgan fingerprint density at radius 3 is 2.71 bits per heavy atom. The highest BCUT2D eigenvalue weighted by atomic mass is 16.2. The summed E-state index contributed by atoms with van der Waals surface area (Å²) in [6, 6.07) is 1.28. The van der Waals surface area contributed by atoms with E-state index in [1.165, 1.54) is 0 Å². The van der Waals surface area contributed by atoms with Crippen LogP contribution in [-0.2, 0) is 16.1 Å². The van der Waals surface area contributed by atoms with E-state index in [9.17, 15) is 14.4 Å². The van der Waals surface area contributed by atoms with Crippen molar-refractivity contribution in [2.45, 2.75) is 33.4 Å². The lowest BCUT2D eigenvalue weighted by Gasteiger charge is -2.17. The molecule has 0 radical (unpaired) electrons. The van der Waals surface area contributed by atoms with Crippen molar-refractivity contribution in [1.29, 1.82) is 0 Å². The maximum Gasteiger partial charge on any atom is 0.325 e. The summed E-state index contributed by atoms with van der Waals surface area (Å²) in [6.45, 7) is 5.93. The van der Waals surface area contributed by atoms with Crippen LogP contribution in [0, 0.1) is 13.8 Å². The van der Waals surface area contributed by atoms with Gasteiger partial charge in [-0.1, -0.05) is 0 Å². The van der Waals surface area contributed by atoms with E-state index in [1.807, 2.05) is 31.5 Å². The summed E-state index contributed by atoms with van der Waals surface area (Å²) in [5.41, 5.74) is 1.94. The third kappa shape index (κ3) is 3.59. The lowest BCUT2D eigenvalue weighted by molar-refractivity contribution is -0.130. The molecule has 1 fully saturated rings. The molecule has 1 saturated heterocycles. The number of nitrogens with zero attached hydrogens (tertiary/aromatic N) is 3. The summed E-state index contributed by atoms with van der Waals surface area (Å²) >= 11 is 0. The summed E-state index contributed by atoms with van der Waals surface area (Å²) in [5.74, 6) is -0.754. The molecule has 8 nitrogen and oxygen atoms in total. The first-order valence-electron chi connectivity index (χ1n) is 6.75. The molecule has 1 aromatic rings. The van der Waals surface area contributed by atoms with Crippen LogP contribution < -0.4 is 10.6 Å². The van der Waals surface area contributed by atoms with E-state index in [0.29, 0.717) is 6.54 Å². The number of imide groups is 1. The average Bonchev–Trinajstić information content (AvgIpc) is 2.85. The first-order chi connectivity index (χ1) is 9.86. The Kier molecular flexibility index (Phi) is 4.25. The molecular weight excluding hydrogens is 274 g/mol. The minimum Gasteiger partial charge on any atom is -0.350 e. The van der Waals surface area contributed by atoms with Crippen LogP contribution in [-0.4, -0.2) is 51.7 Å². The third-order valence-corrected chi connectivity index (χ3v) is 3.20. The van der Waals surface area contributed by atoms with Crippen molar-refractivity contribution in [3.05, 3.63) is 17.5 Å². The highest BCUT2D eigenvalue weighted by molar-refractivity contribution is 6.04. The van der Waals surface area contributed by atoms with Crippen molar-refractivity contribution in [3.63, 3.8) is 0 Å². The van der Waals surface area contributed by atoms with Crippen LogP contribution >= 0.6 is 0 Å². The van der Waals surface area contributed by atoms with Gasteiger partial charge < -0.3 is 10.6 Å². The van der Waals surface area contributed by atoms with Crippen LogP contribution in [0.1, 0.15) is 18.3 Å². The fourth-order valence-corrected chi connectivity index (χ4v) is 2.24. The second-order valence-electron chi connectivity index (χ2n) is 5.22. The number of carbonyl (C=O) groups is 3. The topological polar surface area (TPSA) is 96.3 Å². The molecule has 0 saturated carbocycles. The Labute approximate surface area is 122 Å². The number of hydrogen-bond donors (Lipinski definition) is 2. The first-order valence-corrected chi connectivity index (χ1v) is 6.75. The molecule has 0 unspecified atom stereocenters. The second kappa shape index (κ2) is 5.94. The molecule has 0 aliphatic carbocycles. The van der Waals surface area contributed by atoms with Gasteiger partial charge in [0.2, 0.25) is 5.91 Å². The van der Waals surface area contributed by atoms with Crippen molar-refractivity contribution >= 4 is 17.8 Å². The summed E-state index contributed by atoms with van der Waals surface area (Å²) in [5, 5.41) is 9.45. The molecule has 1 atom stereocenters. The van der Waals surface area contributed by atoms with E-state index in [-0.39, 0.29) is 30.9 Å². The maximum absolute atomic E-state index is 11.9. The predicted octanol–water partition coefficient (Wildman–Crippen LogP) is -0.444. The normalized spacial score (nSPS) is 16.0. The lowest BCUT2D eigenvalue weighted by Crippen LogP contribution is -2.44. The Balaban J connectivity index is 1.86. The quantitative estimate of drug-likeness (QED) is 0.719. The molecule has 4 amide bonds. The summed E-state index contributed by atoms with van der Waals surface area (Å²) in [7, 11) is 0. The average molecular weight is 293 g/mol. The monoisotopic (exact) mass is 293 g/mol. The van der Waals surface area contributed by atoms with Crippen LogP contribution in [0.3, 0.4) is 0 Å². The third-order valence-electron chi connectivity index (χ3n) is 3.20. The fourth-order valence-electron chi connectivity index (χ4n) is 2.24. The minimum absolute atomic E-state index is 0.0482. The Bertz CT molecular complexity index is 564. The molecule has 21 heavy (non-hydrogen) atoms. The van der Waals surface area contributed by atoms with Crippen LogP contribution in [0.25, 0.3) is 0 Å². The predicted molar refractivity (Wildman–Crippen MR) is 74.4 cm³/mol. The molecule has 0 spiro atoms. The number of urea groups is 1. The summed E-state index contributed by atoms with van der Waals surface area (Å²) < 4.78 is 1.81. The molecule has 2 heterocycles. The van der Waals surface area contributed by atoms with E-state index >= 15 is 0 Å². The van der Waals surface area contributed by atoms with Gasteiger partial charge in [-0.15, -0.1) is 0 Å². The van der Waals surface area contributed by atoms with E-state index < -0.39 is 6.03 Å². The highest BCUT2D eigenvalue weighted by Crippen LogP contribution is 2.03. The van der Waals surface area contributed by atoms with Gasteiger partial charge in [0, 0.05) is 11.7 Å². The van der Waals surface area contributed by atoms with Crippen LogP contribution in [0.4, 0.5) is 4.79 Å². The van der Waals surface area contributed by atoms with Crippen LogP contribution in [0.15, 0.2) is 6.07 Å². The molecule has 0 bridgehead atoms. The Morgan fingerprint density at radius 2 is 2.19 bits per heavy atom. The van der Waals surface area contributed by atoms with Gasteiger partial charge in [-0.05, 0) is 26.8 Å².